The topological polar surface area (TPSA) is 20.2 Å². The third kappa shape index (κ3) is 2.21. The Morgan fingerprint density at radius 2 is 1.73 bits per heavy atom. The highest BCUT2D eigenvalue weighted by molar-refractivity contribution is 5.05. The molecule has 22 heavy (non-hydrogen) atoms. The Labute approximate surface area is 137 Å². The number of hydrogen-bond donors (Lipinski definition) is 1. The van der Waals surface area contributed by atoms with Crippen LogP contribution in [0.2, 0.25) is 0 Å². The van der Waals surface area contributed by atoms with Crippen molar-refractivity contribution in [3.8, 4) is 0 Å². The minimum Gasteiger partial charge on any atom is -0.396 e. The van der Waals surface area contributed by atoms with E-state index in [1.807, 2.05) is 0 Å². The van der Waals surface area contributed by atoms with Crippen LogP contribution >= 0.6 is 0 Å². The Kier molecular flexibility index (Phi) is 4.08. The van der Waals surface area contributed by atoms with Crippen LogP contribution in [0.25, 0.3) is 0 Å². The molecule has 0 heterocycles. The molecule has 0 aromatic rings. The van der Waals surface area contributed by atoms with E-state index in [4.69, 9.17) is 0 Å². The van der Waals surface area contributed by atoms with Gasteiger partial charge in [0.25, 0.3) is 0 Å². The fourth-order valence-electron chi connectivity index (χ4n) is 7.90. The van der Waals surface area contributed by atoms with E-state index in [2.05, 4.69) is 13.8 Å². The van der Waals surface area contributed by atoms with Crippen LogP contribution in [0.15, 0.2) is 0 Å². The zero-order valence-corrected chi connectivity index (χ0v) is 14.8. The van der Waals surface area contributed by atoms with Crippen molar-refractivity contribution < 1.29 is 5.11 Å². The van der Waals surface area contributed by atoms with Gasteiger partial charge in [-0.1, -0.05) is 20.3 Å². The molecule has 0 aromatic carbocycles. The molecule has 0 amide bonds. The molecule has 0 aromatic heterocycles. The van der Waals surface area contributed by atoms with Crippen molar-refractivity contribution >= 4 is 0 Å². The van der Waals surface area contributed by atoms with Gasteiger partial charge in [-0.15, -0.1) is 0 Å². The highest BCUT2D eigenvalue weighted by atomic mass is 16.3. The molecule has 0 aliphatic heterocycles. The van der Waals surface area contributed by atoms with E-state index in [-0.39, 0.29) is 0 Å². The summed E-state index contributed by atoms with van der Waals surface area (Å²) in [4.78, 5) is 0. The minimum atomic E-state index is 0.441. The van der Waals surface area contributed by atoms with Gasteiger partial charge in [0.2, 0.25) is 0 Å². The van der Waals surface area contributed by atoms with Crippen molar-refractivity contribution in [2.24, 2.45) is 46.8 Å². The normalized spacial score (nSPS) is 54.4. The SMILES string of the molecule is CC[C@H]1CC[C@H]2[C@@H]3CC[C@@H]4CC(CO)CC[C@@H]4[C@H]3CC[C@]12C. The second-order valence-electron chi connectivity index (χ2n) is 9.52. The Morgan fingerprint density at radius 3 is 2.50 bits per heavy atom. The lowest BCUT2D eigenvalue weighted by Crippen LogP contribution is -2.48. The second-order valence-corrected chi connectivity index (χ2v) is 9.52. The Bertz CT molecular complexity index is 405. The van der Waals surface area contributed by atoms with Crippen LogP contribution in [-0.4, -0.2) is 11.7 Å². The molecule has 0 spiro atoms. The van der Waals surface area contributed by atoms with Gasteiger partial charge in [0.1, 0.15) is 0 Å². The molecule has 4 rings (SSSR count). The maximum Gasteiger partial charge on any atom is 0.0459 e. The minimum absolute atomic E-state index is 0.441. The van der Waals surface area contributed by atoms with E-state index < -0.39 is 0 Å². The van der Waals surface area contributed by atoms with Crippen LogP contribution in [0.5, 0.6) is 0 Å². The number of hydrogen-bond acceptors (Lipinski definition) is 1. The van der Waals surface area contributed by atoms with Crippen LogP contribution in [0.1, 0.15) is 78.1 Å². The molecule has 4 fully saturated rings. The molecule has 4 saturated carbocycles. The van der Waals surface area contributed by atoms with E-state index in [0.717, 1.165) is 35.5 Å². The summed E-state index contributed by atoms with van der Waals surface area (Å²) < 4.78 is 0. The van der Waals surface area contributed by atoms with Crippen molar-refractivity contribution in [3.05, 3.63) is 0 Å². The van der Waals surface area contributed by atoms with Gasteiger partial charge in [0, 0.05) is 6.61 Å². The zero-order valence-electron chi connectivity index (χ0n) is 14.8. The first-order valence-electron chi connectivity index (χ1n) is 10.3. The van der Waals surface area contributed by atoms with E-state index in [9.17, 15) is 5.11 Å². The first-order valence-corrected chi connectivity index (χ1v) is 10.3. The van der Waals surface area contributed by atoms with E-state index in [0.29, 0.717) is 17.9 Å². The number of aliphatic hydroxyl groups excluding tert-OH is 1. The average Bonchev–Trinajstić information content (AvgIpc) is 2.90. The number of aliphatic hydroxyl groups is 1. The van der Waals surface area contributed by atoms with Crippen LogP contribution in [0, 0.1) is 46.8 Å². The quantitative estimate of drug-likeness (QED) is 0.736. The van der Waals surface area contributed by atoms with E-state index in [1.165, 1.54) is 64.2 Å². The summed E-state index contributed by atoms with van der Waals surface area (Å²) in [5, 5.41) is 9.53. The number of fused-ring (bicyclic) bond motifs is 5. The van der Waals surface area contributed by atoms with Gasteiger partial charge in [-0.3, -0.25) is 0 Å². The van der Waals surface area contributed by atoms with Crippen LogP contribution in [0.4, 0.5) is 0 Å². The number of rotatable bonds is 2. The fourth-order valence-corrected chi connectivity index (χ4v) is 7.90. The summed E-state index contributed by atoms with van der Waals surface area (Å²) in [7, 11) is 0. The standard InChI is InChI=1S/C21H36O/c1-3-16-6-9-20-19-8-5-15-12-14(13-22)4-7-17(15)18(19)10-11-21(16,20)2/h14-20,22H,3-13H2,1-2H3/t14?,15-,16+,17+,18-,19-,20+,21-/m1/s1. The first-order chi connectivity index (χ1) is 10.7. The lowest BCUT2D eigenvalue weighted by atomic mass is 9.49. The molecule has 126 valence electrons. The van der Waals surface area contributed by atoms with Crippen molar-refractivity contribution in [3.63, 3.8) is 0 Å². The van der Waals surface area contributed by atoms with Crippen molar-refractivity contribution in [2.75, 3.05) is 6.61 Å². The van der Waals surface area contributed by atoms with E-state index in [1.54, 1.807) is 0 Å². The molecular formula is C21H36O. The van der Waals surface area contributed by atoms with Gasteiger partial charge < -0.3 is 5.11 Å². The highest BCUT2D eigenvalue weighted by Gasteiger charge is 2.56. The monoisotopic (exact) mass is 304 g/mol. The van der Waals surface area contributed by atoms with Crippen LogP contribution < -0.4 is 0 Å². The van der Waals surface area contributed by atoms with Gasteiger partial charge in [0.05, 0.1) is 0 Å². The molecule has 0 radical (unpaired) electrons. The third-order valence-electron chi connectivity index (χ3n) is 9.01. The predicted octanol–water partition coefficient (Wildman–Crippen LogP) is 5.27. The maximum absolute atomic E-state index is 9.53. The lowest BCUT2D eigenvalue weighted by molar-refractivity contribution is -0.0709. The summed E-state index contributed by atoms with van der Waals surface area (Å²) in [6.45, 7) is 5.53. The zero-order chi connectivity index (χ0) is 15.3. The molecule has 1 heteroatoms. The summed E-state index contributed by atoms with van der Waals surface area (Å²) in [6.07, 6.45) is 14.6. The van der Waals surface area contributed by atoms with E-state index >= 15 is 0 Å². The van der Waals surface area contributed by atoms with Gasteiger partial charge in [-0.25, -0.2) is 0 Å². The molecular weight excluding hydrogens is 268 g/mol. The fraction of sp³-hybridized carbons (Fsp3) is 1.00. The average molecular weight is 305 g/mol. The highest BCUT2D eigenvalue weighted by Crippen LogP contribution is 2.64. The van der Waals surface area contributed by atoms with Gasteiger partial charge in [0.15, 0.2) is 0 Å². The Morgan fingerprint density at radius 1 is 0.909 bits per heavy atom. The van der Waals surface area contributed by atoms with Crippen molar-refractivity contribution in [1.29, 1.82) is 0 Å². The Balaban J connectivity index is 1.52. The first kappa shape index (κ1) is 15.5. The van der Waals surface area contributed by atoms with Crippen molar-refractivity contribution in [1.82, 2.24) is 0 Å². The summed E-state index contributed by atoms with van der Waals surface area (Å²) in [6, 6.07) is 0. The molecule has 1 nitrogen and oxygen atoms in total. The lowest BCUT2D eigenvalue weighted by Gasteiger charge is -2.56. The molecule has 8 atom stereocenters. The largest absolute Gasteiger partial charge is 0.396 e. The smallest absolute Gasteiger partial charge is 0.0459 e. The Hall–Kier alpha value is -0.0400. The van der Waals surface area contributed by atoms with Crippen LogP contribution in [0.3, 0.4) is 0 Å². The van der Waals surface area contributed by atoms with Gasteiger partial charge >= 0.3 is 0 Å². The second kappa shape index (κ2) is 5.80. The predicted molar refractivity (Wildman–Crippen MR) is 91.5 cm³/mol. The van der Waals surface area contributed by atoms with Gasteiger partial charge in [-0.05, 0) is 105 Å². The molecule has 0 saturated heterocycles. The molecule has 4 aliphatic rings. The van der Waals surface area contributed by atoms with Gasteiger partial charge in [-0.2, -0.15) is 0 Å². The van der Waals surface area contributed by atoms with Crippen molar-refractivity contribution in [2.45, 2.75) is 78.1 Å². The summed E-state index contributed by atoms with van der Waals surface area (Å²) >= 11 is 0. The molecule has 1 unspecified atom stereocenters. The molecule has 4 aliphatic carbocycles. The maximum atomic E-state index is 9.53. The summed E-state index contributed by atoms with van der Waals surface area (Å²) in [5.41, 5.74) is 0.686. The molecule has 0 bridgehead atoms. The van der Waals surface area contributed by atoms with Crippen LogP contribution in [-0.2, 0) is 0 Å². The summed E-state index contributed by atoms with van der Waals surface area (Å²) in [5.74, 6) is 6.78. The molecule has 1 N–H and O–H groups in total. The third-order valence-corrected chi connectivity index (χ3v) is 9.01.